The highest BCUT2D eigenvalue weighted by atomic mass is 79.9. The molecule has 1 heterocycles. The third kappa shape index (κ3) is 2.28. The first-order valence-corrected chi connectivity index (χ1v) is 6.07. The molecule has 0 aliphatic rings. The number of aromatic nitrogens is 2. The Hall–Kier alpha value is -1.69. The summed E-state index contributed by atoms with van der Waals surface area (Å²) < 4.78 is 13.5. The summed E-state index contributed by atoms with van der Waals surface area (Å²) in [6.45, 7) is 3.70. The van der Waals surface area contributed by atoms with E-state index >= 15 is 0 Å². The molecule has 1 amide bonds. The summed E-state index contributed by atoms with van der Waals surface area (Å²) in [6.07, 6.45) is 0. The molecule has 0 aliphatic carbocycles. The quantitative estimate of drug-likeness (QED) is 0.895. The minimum atomic E-state index is -0.474. The van der Waals surface area contributed by atoms with E-state index in [0.29, 0.717) is 5.82 Å². The standard InChI is InChI=1S/C12H11BrFN3O/c1-6-7(2)16-17-11(6)15-12(18)8-4-3-5-9(14)10(8)13/h3-5H,1-2H3,(H2,15,16,17,18). The Bertz CT molecular complexity index is 609. The first-order chi connectivity index (χ1) is 8.50. The predicted molar refractivity (Wildman–Crippen MR) is 70.1 cm³/mol. The van der Waals surface area contributed by atoms with Gasteiger partial charge in [-0.25, -0.2) is 4.39 Å². The molecule has 2 N–H and O–H groups in total. The Balaban J connectivity index is 2.28. The number of amides is 1. The van der Waals surface area contributed by atoms with Crippen molar-refractivity contribution in [1.82, 2.24) is 10.2 Å². The van der Waals surface area contributed by atoms with E-state index in [1.165, 1.54) is 18.2 Å². The van der Waals surface area contributed by atoms with Crippen LogP contribution in [0.4, 0.5) is 10.2 Å². The van der Waals surface area contributed by atoms with Crippen molar-refractivity contribution in [3.63, 3.8) is 0 Å². The van der Waals surface area contributed by atoms with Crippen LogP contribution >= 0.6 is 15.9 Å². The number of H-pyrrole nitrogens is 1. The van der Waals surface area contributed by atoms with Crippen LogP contribution in [0.3, 0.4) is 0 Å². The van der Waals surface area contributed by atoms with Crippen molar-refractivity contribution in [2.24, 2.45) is 0 Å². The normalized spacial score (nSPS) is 10.4. The van der Waals surface area contributed by atoms with Gasteiger partial charge in [-0.05, 0) is 41.9 Å². The van der Waals surface area contributed by atoms with Crippen LogP contribution in [-0.4, -0.2) is 16.1 Å². The Kier molecular flexibility index (Phi) is 3.47. The lowest BCUT2D eigenvalue weighted by Crippen LogP contribution is -2.14. The maximum atomic E-state index is 13.3. The van der Waals surface area contributed by atoms with Gasteiger partial charge in [0.1, 0.15) is 5.82 Å². The number of aromatic amines is 1. The number of hydrogen-bond donors (Lipinski definition) is 2. The molecule has 2 rings (SSSR count). The Morgan fingerprint density at radius 2 is 2.17 bits per heavy atom. The molecule has 0 fully saturated rings. The number of hydrogen-bond acceptors (Lipinski definition) is 2. The molecule has 1 aromatic heterocycles. The number of carbonyl (C=O) groups is 1. The summed E-state index contributed by atoms with van der Waals surface area (Å²) in [7, 11) is 0. The highest BCUT2D eigenvalue weighted by Crippen LogP contribution is 2.22. The molecule has 18 heavy (non-hydrogen) atoms. The topological polar surface area (TPSA) is 57.8 Å². The molecule has 0 bridgehead atoms. The van der Waals surface area contributed by atoms with Gasteiger partial charge < -0.3 is 5.32 Å². The van der Waals surface area contributed by atoms with Crippen LogP contribution in [0.1, 0.15) is 21.6 Å². The SMILES string of the molecule is Cc1[nH]nc(NC(=O)c2cccc(F)c2Br)c1C. The maximum Gasteiger partial charge on any atom is 0.258 e. The first-order valence-electron chi connectivity index (χ1n) is 5.27. The monoisotopic (exact) mass is 311 g/mol. The second-order valence-electron chi connectivity index (χ2n) is 3.88. The van der Waals surface area contributed by atoms with E-state index in [9.17, 15) is 9.18 Å². The minimum absolute atomic E-state index is 0.146. The van der Waals surface area contributed by atoms with Crippen molar-refractivity contribution in [3.8, 4) is 0 Å². The molecule has 0 spiro atoms. The number of carbonyl (C=O) groups excluding carboxylic acids is 1. The number of nitrogens with zero attached hydrogens (tertiary/aromatic N) is 1. The van der Waals surface area contributed by atoms with Crippen LogP contribution < -0.4 is 5.32 Å². The summed E-state index contributed by atoms with van der Waals surface area (Å²) in [5, 5.41) is 9.37. The third-order valence-electron chi connectivity index (χ3n) is 2.68. The molecule has 2 aromatic rings. The molecule has 0 atom stereocenters. The van der Waals surface area contributed by atoms with Crippen LogP contribution in [0.15, 0.2) is 22.7 Å². The van der Waals surface area contributed by atoms with Gasteiger partial charge in [-0.2, -0.15) is 5.10 Å². The summed E-state index contributed by atoms with van der Waals surface area (Å²) in [5.41, 5.74) is 1.97. The number of benzene rings is 1. The van der Waals surface area contributed by atoms with Crippen molar-refractivity contribution >= 4 is 27.7 Å². The molecule has 6 heteroatoms. The van der Waals surface area contributed by atoms with Gasteiger partial charge in [0.15, 0.2) is 5.82 Å². The van der Waals surface area contributed by atoms with Crippen molar-refractivity contribution in [1.29, 1.82) is 0 Å². The highest BCUT2D eigenvalue weighted by molar-refractivity contribution is 9.10. The highest BCUT2D eigenvalue weighted by Gasteiger charge is 2.15. The first kappa shape index (κ1) is 12.8. The zero-order valence-electron chi connectivity index (χ0n) is 9.84. The zero-order chi connectivity index (χ0) is 13.3. The summed E-state index contributed by atoms with van der Waals surface area (Å²) in [5.74, 6) is -0.429. The average Bonchev–Trinajstić information content (AvgIpc) is 2.64. The molecule has 0 radical (unpaired) electrons. The van der Waals surface area contributed by atoms with Crippen LogP contribution in [0.25, 0.3) is 0 Å². The number of rotatable bonds is 2. The molecule has 4 nitrogen and oxygen atoms in total. The molecule has 1 aromatic carbocycles. The molecule has 94 valence electrons. The van der Waals surface area contributed by atoms with Gasteiger partial charge in [0.25, 0.3) is 5.91 Å². The lowest BCUT2D eigenvalue weighted by molar-refractivity contribution is 0.102. The number of halogens is 2. The lowest BCUT2D eigenvalue weighted by Gasteiger charge is -2.05. The van der Waals surface area contributed by atoms with Gasteiger partial charge in [-0.1, -0.05) is 6.07 Å². The Morgan fingerprint density at radius 1 is 1.44 bits per heavy atom. The smallest absolute Gasteiger partial charge is 0.258 e. The van der Waals surface area contributed by atoms with Gasteiger partial charge >= 0.3 is 0 Å². The van der Waals surface area contributed by atoms with E-state index in [4.69, 9.17) is 0 Å². The van der Waals surface area contributed by atoms with Gasteiger partial charge in [-0.15, -0.1) is 0 Å². The Morgan fingerprint density at radius 3 is 2.78 bits per heavy atom. The van der Waals surface area contributed by atoms with E-state index in [2.05, 4.69) is 31.4 Å². The largest absolute Gasteiger partial charge is 0.305 e. The average molecular weight is 312 g/mol. The van der Waals surface area contributed by atoms with Crippen molar-refractivity contribution in [3.05, 3.63) is 45.3 Å². The second kappa shape index (κ2) is 4.89. The minimum Gasteiger partial charge on any atom is -0.305 e. The molecule has 0 saturated heterocycles. The van der Waals surface area contributed by atoms with E-state index in [1.54, 1.807) is 0 Å². The molecular weight excluding hydrogens is 301 g/mol. The van der Waals surface area contributed by atoms with Crippen LogP contribution in [0, 0.1) is 19.7 Å². The van der Waals surface area contributed by atoms with Crippen molar-refractivity contribution in [2.45, 2.75) is 13.8 Å². The van der Waals surface area contributed by atoms with Gasteiger partial charge in [0.2, 0.25) is 0 Å². The fourth-order valence-electron chi connectivity index (χ4n) is 1.46. The molecule has 0 aliphatic heterocycles. The maximum absolute atomic E-state index is 13.3. The molecular formula is C12H11BrFN3O. The van der Waals surface area contributed by atoms with Gasteiger partial charge in [0.05, 0.1) is 10.0 Å². The van der Waals surface area contributed by atoms with Crippen molar-refractivity contribution < 1.29 is 9.18 Å². The number of aryl methyl sites for hydroxylation is 1. The molecule has 0 saturated carbocycles. The van der Waals surface area contributed by atoms with Gasteiger partial charge in [0, 0.05) is 11.3 Å². The lowest BCUT2D eigenvalue weighted by atomic mass is 10.2. The predicted octanol–water partition coefficient (Wildman–Crippen LogP) is 3.18. The fourth-order valence-corrected chi connectivity index (χ4v) is 1.91. The summed E-state index contributed by atoms with van der Waals surface area (Å²) in [4.78, 5) is 12.0. The summed E-state index contributed by atoms with van der Waals surface area (Å²) in [6, 6.07) is 4.31. The zero-order valence-corrected chi connectivity index (χ0v) is 11.4. The number of anilines is 1. The Labute approximate surface area is 112 Å². The number of nitrogens with one attached hydrogen (secondary N) is 2. The van der Waals surface area contributed by atoms with Crippen LogP contribution in [0.2, 0.25) is 0 Å². The molecule has 0 unspecified atom stereocenters. The van der Waals surface area contributed by atoms with Crippen LogP contribution in [0.5, 0.6) is 0 Å². The third-order valence-corrected chi connectivity index (χ3v) is 3.49. The summed E-state index contributed by atoms with van der Waals surface area (Å²) >= 11 is 3.05. The van der Waals surface area contributed by atoms with E-state index in [0.717, 1.165) is 11.3 Å². The van der Waals surface area contributed by atoms with Crippen LogP contribution in [-0.2, 0) is 0 Å². The van der Waals surface area contributed by atoms with E-state index in [1.807, 2.05) is 13.8 Å². The second-order valence-corrected chi connectivity index (χ2v) is 4.67. The van der Waals surface area contributed by atoms with Gasteiger partial charge in [-0.3, -0.25) is 9.89 Å². The van der Waals surface area contributed by atoms with Crippen molar-refractivity contribution in [2.75, 3.05) is 5.32 Å². The van der Waals surface area contributed by atoms with E-state index in [-0.39, 0.29) is 10.0 Å². The van der Waals surface area contributed by atoms with E-state index < -0.39 is 11.7 Å². The fraction of sp³-hybridized carbons (Fsp3) is 0.167.